The predicted octanol–water partition coefficient (Wildman–Crippen LogP) is 2.06. The molecule has 2 aliphatic rings. The molecule has 0 saturated carbocycles. The molecule has 5 atom stereocenters. The summed E-state index contributed by atoms with van der Waals surface area (Å²) in [6.07, 6.45) is 3.17. The molecule has 6 heteroatoms. The molecule has 0 aromatic rings. The van der Waals surface area contributed by atoms with E-state index in [9.17, 15) is 19.8 Å². The highest BCUT2D eigenvalue weighted by Gasteiger charge is 2.46. The topological polar surface area (TPSA) is 93.1 Å². The largest absolute Gasteiger partial charge is 0.458 e. The summed E-state index contributed by atoms with van der Waals surface area (Å²) in [7, 11) is 0. The highest BCUT2D eigenvalue weighted by molar-refractivity contribution is 5.91. The van der Waals surface area contributed by atoms with E-state index in [0.717, 1.165) is 5.57 Å². The van der Waals surface area contributed by atoms with Gasteiger partial charge >= 0.3 is 11.9 Å². The van der Waals surface area contributed by atoms with Crippen LogP contribution in [-0.4, -0.2) is 47.1 Å². The normalized spacial score (nSPS) is 35.2. The predicted molar refractivity (Wildman–Crippen MR) is 96.0 cm³/mol. The molecule has 1 aliphatic carbocycles. The van der Waals surface area contributed by atoms with Crippen LogP contribution < -0.4 is 0 Å². The quantitative estimate of drug-likeness (QED) is 0.452. The minimum absolute atomic E-state index is 0.0803. The van der Waals surface area contributed by atoms with Crippen molar-refractivity contribution < 1.29 is 29.3 Å². The number of aliphatic hydroxyl groups excluding tert-OH is 2. The third-order valence-electron chi connectivity index (χ3n) is 5.26. The molecule has 0 amide bonds. The second-order valence-electron chi connectivity index (χ2n) is 7.18. The number of carbonyl (C=O) groups is 2. The summed E-state index contributed by atoms with van der Waals surface area (Å²) in [5.41, 5.74) is 1.40. The number of hydrogen-bond donors (Lipinski definition) is 2. The van der Waals surface area contributed by atoms with Crippen LogP contribution in [0.3, 0.4) is 0 Å². The van der Waals surface area contributed by atoms with Crippen molar-refractivity contribution in [3.8, 4) is 0 Å². The maximum Gasteiger partial charge on any atom is 0.336 e. The Bertz CT molecular complexity index is 632. The first-order valence-electron chi connectivity index (χ1n) is 8.98. The van der Waals surface area contributed by atoms with E-state index in [2.05, 4.69) is 6.58 Å². The zero-order valence-electron chi connectivity index (χ0n) is 15.6. The Balaban J connectivity index is 2.36. The van der Waals surface area contributed by atoms with Gasteiger partial charge in [0.1, 0.15) is 12.2 Å². The van der Waals surface area contributed by atoms with Gasteiger partial charge in [0, 0.05) is 12.0 Å². The lowest BCUT2D eigenvalue weighted by atomic mass is 9.81. The molecule has 144 valence electrons. The number of rotatable bonds is 3. The smallest absolute Gasteiger partial charge is 0.336 e. The molecule has 2 rings (SSSR count). The molecular weight excluding hydrogens is 336 g/mol. The maximum absolute atomic E-state index is 12.4. The molecule has 26 heavy (non-hydrogen) atoms. The van der Waals surface area contributed by atoms with Gasteiger partial charge in [-0.2, -0.15) is 0 Å². The number of hydrogen-bond acceptors (Lipinski definition) is 6. The number of aliphatic hydroxyl groups is 2. The molecular formula is C20H28O6. The summed E-state index contributed by atoms with van der Waals surface area (Å²) in [5.74, 6) is -1.65. The SMILES string of the molecule is C=C1C(=O)O[C@@H]2CC(C)[C@@H](O)C/C=C(\C)C[C@@H](OC(=O)/C(=C/C)CO)[C@@H]12. The van der Waals surface area contributed by atoms with Crippen molar-refractivity contribution in [2.75, 3.05) is 6.61 Å². The van der Waals surface area contributed by atoms with Crippen molar-refractivity contribution >= 4 is 11.9 Å². The van der Waals surface area contributed by atoms with E-state index < -0.39 is 42.8 Å². The number of fused-ring (bicyclic) bond motifs is 1. The average Bonchev–Trinajstić information content (AvgIpc) is 2.86. The molecule has 1 unspecified atom stereocenters. The Kier molecular flexibility index (Phi) is 6.78. The van der Waals surface area contributed by atoms with Crippen molar-refractivity contribution in [1.29, 1.82) is 0 Å². The summed E-state index contributed by atoms with van der Waals surface area (Å²) in [6, 6.07) is 0. The third-order valence-corrected chi connectivity index (χ3v) is 5.26. The zero-order chi connectivity index (χ0) is 19.4. The fraction of sp³-hybridized carbons (Fsp3) is 0.600. The van der Waals surface area contributed by atoms with E-state index in [1.165, 1.54) is 6.08 Å². The van der Waals surface area contributed by atoms with E-state index in [0.29, 0.717) is 19.3 Å². The van der Waals surface area contributed by atoms with Crippen molar-refractivity contribution in [3.63, 3.8) is 0 Å². The van der Waals surface area contributed by atoms with Crippen molar-refractivity contribution in [3.05, 3.63) is 35.5 Å². The first-order chi connectivity index (χ1) is 12.3. The van der Waals surface area contributed by atoms with Crippen molar-refractivity contribution in [2.45, 2.75) is 58.3 Å². The van der Waals surface area contributed by atoms with Crippen molar-refractivity contribution in [1.82, 2.24) is 0 Å². The van der Waals surface area contributed by atoms with Crippen LogP contribution in [0.15, 0.2) is 35.5 Å². The van der Waals surface area contributed by atoms with Crippen molar-refractivity contribution in [2.24, 2.45) is 11.8 Å². The van der Waals surface area contributed by atoms with Crippen LogP contribution in [0.2, 0.25) is 0 Å². The minimum atomic E-state index is -0.619. The van der Waals surface area contributed by atoms with Crippen LogP contribution in [0.25, 0.3) is 0 Å². The molecule has 6 nitrogen and oxygen atoms in total. The third kappa shape index (κ3) is 4.43. The molecule has 0 radical (unpaired) electrons. The summed E-state index contributed by atoms with van der Waals surface area (Å²) in [5, 5.41) is 19.6. The fourth-order valence-corrected chi connectivity index (χ4v) is 3.51. The molecule has 1 heterocycles. The van der Waals surface area contributed by atoms with Gasteiger partial charge in [0.25, 0.3) is 0 Å². The van der Waals surface area contributed by atoms with Crippen LogP contribution in [-0.2, 0) is 19.1 Å². The monoisotopic (exact) mass is 364 g/mol. The van der Waals surface area contributed by atoms with Crippen LogP contribution in [0, 0.1) is 11.8 Å². The van der Waals surface area contributed by atoms with E-state index in [-0.39, 0.29) is 17.1 Å². The molecule has 0 aromatic carbocycles. The highest BCUT2D eigenvalue weighted by Crippen LogP contribution is 2.38. The van der Waals surface area contributed by atoms with Gasteiger partial charge in [-0.05, 0) is 32.6 Å². The van der Waals surface area contributed by atoms with Gasteiger partial charge in [-0.15, -0.1) is 0 Å². The Morgan fingerprint density at radius 1 is 1.50 bits per heavy atom. The highest BCUT2D eigenvalue weighted by atomic mass is 16.6. The van der Waals surface area contributed by atoms with E-state index in [4.69, 9.17) is 9.47 Å². The lowest BCUT2D eigenvalue weighted by Gasteiger charge is -2.31. The lowest BCUT2D eigenvalue weighted by molar-refractivity contribution is -0.149. The number of carbonyl (C=O) groups excluding carboxylic acids is 2. The summed E-state index contributed by atoms with van der Waals surface area (Å²) >= 11 is 0. The second kappa shape index (κ2) is 8.64. The average molecular weight is 364 g/mol. The molecule has 0 bridgehead atoms. The van der Waals surface area contributed by atoms with Crippen LogP contribution >= 0.6 is 0 Å². The van der Waals surface area contributed by atoms with Crippen LogP contribution in [0.1, 0.15) is 40.0 Å². The standard InChI is InChI=1S/C20H28O6/c1-5-14(10-21)20(24)26-16-8-11(2)6-7-15(22)12(3)9-17-18(16)13(4)19(23)25-17/h5-6,12,15-18,21-22H,4,7-10H2,1-3H3/b11-6+,14-5+/t12?,15-,16+,17+,18+/m0/s1. The first kappa shape index (κ1) is 20.4. The molecule has 2 N–H and O–H groups in total. The second-order valence-corrected chi connectivity index (χ2v) is 7.18. The Morgan fingerprint density at radius 2 is 2.19 bits per heavy atom. The van der Waals surface area contributed by atoms with Gasteiger partial charge in [0.2, 0.25) is 0 Å². The minimum Gasteiger partial charge on any atom is -0.458 e. The molecule has 0 aromatic heterocycles. The molecule has 1 aliphatic heterocycles. The fourth-order valence-electron chi connectivity index (χ4n) is 3.51. The maximum atomic E-state index is 12.4. The Labute approximate surface area is 154 Å². The van der Waals surface area contributed by atoms with Gasteiger partial charge in [0.05, 0.1) is 24.2 Å². The van der Waals surface area contributed by atoms with Crippen LogP contribution in [0.5, 0.6) is 0 Å². The number of ether oxygens (including phenoxy) is 2. The zero-order valence-corrected chi connectivity index (χ0v) is 15.6. The summed E-state index contributed by atoms with van der Waals surface area (Å²) in [4.78, 5) is 24.5. The van der Waals surface area contributed by atoms with Gasteiger partial charge in [-0.25, -0.2) is 9.59 Å². The number of allylic oxidation sites excluding steroid dienone is 1. The van der Waals surface area contributed by atoms with Gasteiger partial charge in [-0.3, -0.25) is 0 Å². The molecule has 0 spiro atoms. The molecule has 1 saturated heterocycles. The van der Waals surface area contributed by atoms with E-state index in [1.807, 2.05) is 19.9 Å². The number of esters is 2. The van der Waals surface area contributed by atoms with E-state index >= 15 is 0 Å². The van der Waals surface area contributed by atoms with Gasteiger partial charge < -0.3 is 19.7 Å². The Hall–Kier alpha value is -1.92. The summed E-state index contributed by atoms with van der Waals surface area (Å²) < 4.78 is 11.1. The van der Waals surface area contributed by atoms with Gasteiger partial charge in [-0.1, -0.05) is 31.2 Å². The summed E-state index contributed by atoms with van der Waals surface area (Å²) in [6.45, 7) is 8.89. The lowest BCUT2D eigenvalue weighted by Crippen LogP contribution is -2.37. The van der Waals surface area contributed by atoms with Crippen LogP contribution in [0.4, 0.5) is 0 Å². The van der Waals surface area contributed by atoms with E-state index in [1.54, 1.807) is 6.92 Å². The first-order valence-corrected chi connectivity index (χ1v) is 8.98. The Morgan fingerprint density at radius 3 is 2.81 bits per heavy atom. The van der Waals surface area contributed by atoms with Gasteiger partial charge in [0.15, 0.2) is 0 Å². The molecule has 1 fully saturated rings.